The van der Waals surface area contributed by atoms with Crippen LogP contribution in [0.15, 0.2) is 42.7 Å². The number of imidazole rings is 1. The van der Waals surface area contributed by atoms with Crippen LogP contribution in [-0.2, 0) is 21.1 Å². The van der Waals surface area contributed by atoms with Crippen molar-refractivity contribution < 1.29 is 18.7 Å². The lowest BCUT2D eigenvalue weighted by atomic mass is 10.0. The molecule has 0 N–H and O–H groups in total. The van der Waals surface area contributed by atoms with Gasteiger partial charge in [0.1, 0.15) is 12.5 Å². The van der Waals surface area contributed by atoms with Gasteiger partial charge in [-0.05, 0) is 42.0 Å². The van der Waals surface area contributed by atoms with E-state index in [1.807, 2.05) is 22.8 Å². The lowest BCUT2D eigenvalue weighted by molar-refractivity contribution is -0.122. The molecule has 0 radical (unpaired) electrons. The summed E-state index contributed by atoms with van der Waals surface area (Å²) >= 11 is 0. The minimum Gasteiger partial charge on any atom is -0.364 e. The average molecular weight is 365 g/mol. The molecule has 0 unspecified atom stereocenters. The van der Waals surface area contributed by atoms with E-state index in [9.17, 15) is 14.0 Å². The maximum absolute atomic E-state index is 13.6. The Labute approximate surface area is 154 Å². The SMILES string of the molecule is COCn1cnc2cc(/C=C3\C(=O)N(C(C)=O)c4cc(F)ccc43)ccc21. The van der Waals surface area contributed by atoms with Crippen LogP contribution in [0.1, 0.15) is 18.1 Å². The average Bonchev–Trinajstić information content (AvgIpc) is 3.14. The molecule has 0 saturated carbocycles. The third kappa shape index (κ3) is 2.82. The first kappa shape index (κ1) is 17.1. The second-order valence-corrected chi connectivity index (χ2v) is 6.26. The zero-order valence-corrected chi connectivity index (χ0v) is 14.8. The molecule has 27 heavy (non-hydrogen) atoms. The first-order chi connectivity index (χ1) is 13.0. The zero-order valence-electron chi connectivity index (χ0n) is 14.8. The summed E-state index contributed by atoms with van der Waals surface area (Å²) in [7, 11) is 1.61. The highest BCUT2D eigenvalue weighted by Gasteiger charge is 2.35. The molecule has 0 saturated heterocycles. The summed E-state index contributed by atoms with van der Waals surface area (Å²) in [4.78, 5) is 30.0. The number of imide groups is 1. The standard InChI is InChI=1S/C20H16FN3O3/c1-12(25)24-19-9-14(21)4-5-15(19)16(20(24)26)7-13-3-6-18-17(8-13)22-10-23(18)11-27-2/h3-10H,11H2,1-2H3/b16-7-. The first-order valence-corrected chi connectivity index (χ1v) is 8.30. The Morgan fingerprint density at radius 2 is 2.07 bits per heavy atom. The summed E-state index contributed by atoms with van der Waals surface area (Å²) in [5.74, 6) is -1.42. The topological polar surface area (TPSA) is 64.4 Å². The van der Waals surface area contributed by atoms with Crippen LogP contribution in [0.5, 0.6) is 0 Å². The molecule has 2 amide bonds. The number of amides is 2. The summed E-state index contributed by atoms with van der Waals surface area (Å²) in [6.07, 6.45) is 3.37. The number of carbonyl (C=O) groups is 2. The van der Waals surface area contributed by atoms with Gasteiger partial charge in [0.2, 0.25) is 5.91 Å². The molecule has 7 heteroatoms. The highest BCUT2D eigenvalue weighted by Crippen LogP contribution is 2.38. The molecule has 0 aliphatic carbocycles. The van der Waals surface area contributed by atoms with Crippen molar-refractivity contribution in [3.63, 3.8) is 0 Å². The number of halogens is 1. The Bertz CT molecular complexity index is 1120. The molecule has 1 aliphatic heterocycles. The van der Waals surface area contributed by atoms with E-state index in [2.05, 4.69) is 4.98 Å². The Balaban J connectivity index is 1.81. The molecule has 0 atom stereocenters. The summed E-state index contributed by atoms with van der Waals surface area (Å²) in [5, 5.41) is 0. The molecule has 6 nitrogen and oxygen atoms in total. The summed E-state index contributed by atoms with van der Waals surface area (Å²) in [6, 6.07) is 9.59. The van der Waals surface area contributed by atoms with Gasteiger partial charge in [-0.2, -0.15) is 0 Å². The van der Waals surface area contributed by atoms with Gasteiger partial charge < -0.3 is 9.30 Å². The summed E-state index contributed by atoms with van der Waals surface area (Å²) in [6.45, 7) is 1.67. The van der Waals surface area contributed by atoms with Crippen molar-refractivity contribution in [1.82, 2.24) is 9.55 Å². The van der Waals surface area contributed by atoms with Crippen molar-refractivity contribution in [3.8, 4) is 0 Å². The molecule has 0 fully saturated rings. The van der Waals surface area contributed by atoms with E-state index >= 15 is 0 Å². The van der Waals surface area contributed by atoms with Gasteiger partial charge in [-0.1, -0.05) is 6.07 Å². The van der Waals surface area contributed by atoms with E-state index in [-0.39, 0.29) is 5.69 Å². The lowest BCUT2D eigenvalue weighted by Gasteiger charge is -2.11. The van der Waals surface area contributed by atoms with Gasteiger partial charge >= 0.3 is 0 Å². The Morgan fingerprint density at radius 1 is 1.26 bits per heavy atom. The van der Waals surface area contributed by atoms with Gasteiger partial charge in [0, 0.05) is 19.6 Å². The van der Waals surface area contributed by atoms with Gasteiger partial charge in [0.25, 0.3) is 5.91 Å². The lowest BCUT2D eigenvalue weighted by Crippen LogP contribution is -2.31. The third-order valence-electron chi connectivity index (χ3n) is 4.46. The van der Waals surface area contributed by atoms with Crippen molar-refractivity contribution in [2.24, 2.45) is 0 Å². The van der Waals surface area contributed by atoms with E-state index in [0.29, 0.717) is 17.9 Å². The van der Waals surface area contributed by atoms with E-state index in [1.54, 1.807) is 19.5 Å². The quantitative estimate of drug-likeness (QED) is 0.669. The van der Waals surface area contributed by atoms with Crippen LogP contribution < -0.4 is 4.90 Å². The number of ether oxygens (including phenoxy) is 1. The fraction of sp³-hybridized carbons (Fsp3) is 0.150. The number of hydrogen-bond donors (Lipinski definition) is 0. The molecule has 0 spiro atoms. The third-order valence-corrected chi connectivity index (χ3v) is 4.46. The van der Waals surface area contributed by atoms with Crippen LogP contribution in [0.2, 0.25) is 0 Å². The largest absolute Gasteiger partial charge is 0.364 e. The summed E-state index contributed by atoms with van der Waals surface area (Å²) < 4.78 is 20.6. The fourth-order valence-corrected chi connectivity index (χ4v) is 3.29. The molecule has 1 aromatic heterocycles. The molecule has 1 aliphatic rings. The molecule has 4 rings (SSSR count). The number of methoxy groups -OCH3 is 1. The monoisotopic (exact) mass is 365 g/mol. The molecule has 2 heterocycles. The maximum atomic E-state index is 13.6. The van der Waals surface area contributed by atoms with Crippen LogP contribution in [-0.4, -0.2) is 28.5 Å². The number of aromatic nitrogens is 2. The fourth-order valence-electron chi connectivity index (χ4n) is 3.29. The first-order valence-electron chi connectivity index (χ1n) is 8.30. The van der Waals surface area contributed by atoms with Crippen LogP contribution in [0.25, 0.3) is 22.7 Å². The van der Waals surface area contributed by atoms with Crippen LogP contribution in [0.4, 0.5) is 10.1 Å². The predicted octanol–water partition coefficient (Wildman–Crippen LogP) is 3.21. The Hall–Kier alpha value is -3.32. The number of rotatable bonds is 3. The molecule has 0 bridgehead atoms. The van der Waals surface area contributed by atoms with Crippen LogP contribution in [0, 0.1) is 5.82 Å². The number of benzene rings is 2. The molecule has 136 valence electrons. The van der Waals surface area contributed by atoms with Gasteiger partial charge in [-0.25, -0.2) is 14.3 Å². The van der Waals surface area contributed by atoms with Crippen molar-refractivity contribution in [3.05, 3.63) is 59.7 Å². The number of hydrogen-bond acceptors (Lipinski definition) is 4. The molecular weight excluding hydrogens is 349 g/mol. The number of anilines is 1. The minimum atomic E-state index is -0.501. The Kier molecular flexibility index (Phi) is 4.08. The van der Waals surface area contributed by atoms with Crippen molar-refractivity contribution in [2.75, 3.05) is 12.0 Å². The molecule has 2 aromatic carbocycles. The number of carbonyl (C=O) groups excluding carboxylic acids is 2. The molecule has 3 aromatic rings. The predicted molar refractivity (Wildman–Crippen MR) is 99.2 cm³/mol. The maximum Gasteiger partial charge on any atom is 0.265 e. The van der Waals surface area contributed by atoms with Gasteiger partial charge in [-0.15, -0.1) is 0 Å². The van der Waals surface area contributed by atoms with Crippen molar-refractivity contribution in [1.29, 1.82) is 0 Å². The van der Waals surface area contributed by atoms with E-state index in [4.69, 9.17) is 4.74 Å². The van der Waals surface area contributed by atoms with Gasteiger partial charge in [0.15, 0.2) is 0 Å². The van der Waals surface area contributed by atoms with Crippen molar-refractivity contribution in [2.45, 2.75) is 13.7 Å². The summed E-state index contributed by atoms with van der Waals surface area (Å²) in [5.41, 5.74) is 3.56. The zero-order chi connectivity index (χ0) is 19.1. The second-order valence-electron chi connectivity index (χ2n) is 6.26. The van der Waals surface area contributed by atoms with Gasteiger partial charge in [0.05, 0.1) is 28.6 Å². The van der Waals surface area contributed by atoms with Crippen LogP contribution >= 0.6 is 0 Å². The van der Waals surface area contributed by atoms with Gasteiger partial charge in [-0.3, -0.25) is 9.59 Å². The Morgan fingerprint density at radius 3 is 2.81 bits per heavy atom. The highest BCUT2D eigenvalue weighted by molar-refractivity contribution is 6.42. The van der Waals surface area contributed by atoms with Crippen LogP contribution in [0.3, 0.4) is 0 Å². The number of fused-ring (bicyclic) bond motifs is 2. The molecular formula is C20H16FN3O3. The normalized spacial score (nSPS) is 15.0. The highest BCUT2D eigenvalue weighted by atomic mass is 19.1. The second kappa shape index (κ2) is 6.44. The van der Waals surface area contributed by atoms with E-state index in [0.717, 1.165) is 21.5 Å². The van der Waals surface area contributed by atoms with E-state index in [1.165, 1.54) is 25.1 Å². The van der Waals surface area contributed by atoms with E-state index < -0.39 is 17.6 Å². The number of nitrogens with zero attached hydrogens (tertiary/aromatic N) is 3. The smallest absolute Gasteiger partial charge is 0.265 e. The minimum absolute atomic E-state index is 0.268. The van der Waals surface area contributed by atoms with Crippen molar-refractivity contribution >= 4 is 40.2 Å².